The summed E-state index contributed by atoms with van der Waals surface area (Å²) in [6, 6.07) is 0.467. The molecule has 1 saturated heterocycles. The maximum Gasteiger partial charge on any atom is 0.197 e. The largest absolute Gasteiger partial charge is 0.334 e. The van der Waals surface area contributed by atoms with Gasteiger partial charge in [0.15, 0.2) is 4.77 Å². The lowest BCUT2D eigenvalue weighted by Gasteiger charge is -2.15. The Morgan fingerprint density at radius 1 is 1.43 bits per heavy atom. The van der Waals surface area contributed by atoms with Crippen molar-refractivity contribution in [2.24, 2.45) is 0 Å². The van der Waals surface area contributed by atoms with E-state index in [-0.39, 0.29) is 0 Å². The molecular formula is C10H15N3S. The molecule has 1 aliphatic heterocycles. The summed E-state index contributed by atoms with van der Waals surface area (Å²) in [7, 11) is 0. The van der Waals surface area contributed by atoms with Gasteiger partial charge in [0.05, 0.1) is 0 Å². The fraction of sp³-hybridized carbons (Fsp3) is 0.600. The van der Waals surface area contributed by atoms with Crippen LogP contribution in [0.3, 0.4) is 0 Å². The molecule has 0 amide bonds. The van der Waals surface area contributed by atoms with Crippen LogP contribution in [-0.2, 0) is 0 Å². The third kappa shape index (κ3) is 1.72. The number of hydrogen-bond acceptors (Lipinski definition) is 3. The quantitative estimate of drug-likeness (QED) is 0.696. The lowest BCUT2D eigenvalue weighted by Crippen LogP contribution is -2.16. The van der Waals surface area contributed by atoms with Gasteiger partial charge in [-0.15, -0.1) is 0 Å². The fourth-order valence-electron chi connectivity index (χ4n) is 2.18. The summed E-state index contributed by atoms with van der Waals surface area (Å²) < 4.78 is 0.585. The Morgan fingerprint density at radius 2 is 2.21 bits per heavy atom. The number of nitrogens with zero attached hydrogens (tertiary/aromatic N) is 1. The Balaban J connectivity index is 2.46. The van der Waals surface area contributed by atoms with Crippen LogP contribution in [-0.4, -0.2) is 16.5 Å². The van der Waals surface area contributed by atoms with Crippen molar-refractivity contribution in [2.45, 2.75) is 32.7 Å². The number of aromatic nitrogens is 2. The highest BCUT2D eigenvalue weighted by Gasteiger charge is 2.20. The molecule has 1 fully saturated rings. The number of aryl methyl sites for hydroxylation is 2. The molecule has 1 aromatic rings. The van der Waals surface area contributed by atoms with Crippen molar-refractivity contribution in [3.8, 4) is 0 Å². The highest BCUT2D eigenvalue weighted by atomic mass is 32.1. The van der Waals surface area contributed by atoms with Crippen LogP contribution in [0.1, 0.15) is 35.8 Å². The minimum Gasteiger partial charge on any atom is -0.334 e. The highest BCUT2D eigenvalue weighted by molar-refractivity contribution is 7.71. The molecule has 76 valence electrons. The van der Waals surface area contributed by atoms with E-state index in [4.69, 9.17) is 12.2 Å². The SMILES string of the molecule is Cc1nc(=S)[nH]c(C)c1C1CCCN1. The standard InChI is InChI=1S/C10H15N3S/c1-6-9(8-4-3-5-11-8)7(2)13-10(14)12-6/h8,11H,3-5H2,1-2H3,(H,12,13,14). The first-order valence-corrected chi connectivity index (χ1v) is 5.40. The maximum atomic E-state index is 5.03. The van der Waals surface area contributed by atoms with Crippen LogP contribution in [0.5, 0.6) is 0 Å². The van der Waals surface area contributed by atoms with Gasteiger partial charge in [0.1, 0.15) is 0 Å². The lowest BCUT2D eigenvalue weighted by atomic mass is 10.0. The Kier molecular flexibility index (Phi) is 2.65. The molecule has 1 unspecified atom stereocenters. The minimum absolute atomic E-state index is 0.467. The van der Waals surface area contributed by atoms with Crippen LogP contribution in [0.25, 0.3) is 0 Å². The van der Waals surface area contributed by atoms with Gasteiger partial charge in [-0.2, -0.15) is 0 Å². The second kappa shape index (κ2) is 3.79. The summed E-state index contributed by atoms with van der Waals surface area (Å²) in [6.45, 7) is 5.21. The number of hydrogen-bond donors (Lipinski definition) is 2. The first-order chi connectivity index (χ1) is 6.68. The molecule has 1 atom stereocenters. The molecule has 1 aliphatic rings. The third-order valence-electron chi connectivity index (χ3n) is 2.77. The molecule has 0 aliphatic carbocycles. The van der Waals surface area contributed by atoms with Crippen LogP contribution < -0.4 is 5.32 Å². The van der Waals surface area contributed by atoms with Crippen molar-refractivity contribution >= 4 is 12.2 Å². The van der Waals surface area contributed by atoms with Crippen LogP contribution in [0, 0.1) is 18.6 Å². The molecular weight excluding hydrogens is 194 g/mol. The summed E-state index contributed by atoms with van der Waals surface area (Å²) >= 11 is 5.03. The second-order valence-corrected chi connectivity index (χ2v) is 4.20. The number of aromatic amines is 1. The van der Waals surface area contributed by atoms with E-state index in [9.17, 15) is 0 Å². The zero-order valence-corrected chi connectivity index (χ0v) is 9.37. The van der Waals surface area contributed by atoms with Crippen molar-refractivity contribution in [1.82, 2.24) is 15.3 Å². The van der Waals surface area contributed by atoms with Gasteiger partial charge in [-0.05, 0) is 45.5 Å². The summed E-state index contributed by atoms with van der Waals surface area (Å²) in [4.78, 5) is 7.42. The molecule has 0 bridgehead atoms. The van der Waals surface area contributed by atoms with E-state index < -0.39 is 0 Å². The van der Waals surface area contributed by atoms with E-state index in [1.807, 2.05) is 6.92 Å². The van der Waals surface area contributed by atoms with Gasteiger partial charge in [0.2, 0.25) is 0 Å². The van der Waals surface area contributed by atoms with Crippen LogP contribution in [0.4, 0.5) is 0 Å². The number of rotatable bonds is 1. The van der Waals surface area contributed by atoms with E-state index in [2.05, 4.69) is 22.2 Å². The monoisotopic (exact) mass is 209 g/mol. The maximum absolute atomic E-state index is 5.03. The Morgan fingerprint density at radius 3 is 2.79 bits per heavy atom. The predicted octanol–water partition coefficient (Wildman–Crippen LogP) is 2.18. The number of H-pyrrole nitrogens is 1. The lowest BCUT2D eigenvalue weighted by molar-refractivity contribution is 0.629. The number of nitrogens with one attached hydrogen (secondary N) is 2. The van der Waals surface area contributed by atoms with E-state index >= 15 is 0 Å². The minimum atomic E-state index is 0.467. The van der Waals surface area contributed by atoms with Gasteiger partial charge in [0.25, 0.3) is 0 Å². The van der Waals surface area contributed by atoms with E-state index in [0.717, 1.165) is 17.9 Å². The van der Waals surface area contributed by atoms with Gasteiger partial charge in [-0.25, -0.2) is 4.98 Å². The van der Waals surface area contributed by atoms with Crippen LogP contribution in [0.2, 0.25) is 0 Å². The van der Waals surface area contributed by atoms with Crippen molar-refractivity contribution < 1.29 is 0 Å². The van der Waals surface area contributed by atoms with Crippen molar-refractivity contribution in [3.05, 3.63) is 21.7 Å². The van der Waals surface area contributed by atoms with Crippen LogP contribution >= 0.6 is 12.2 Å². The normalized spacial score (nSPS) is 21.4. The van der Waals surface area contributed by atoms with Crippen molar-refractivity contribution in [1.29, 1.82) is 0 Å². The average Bonchev–Trinajstić information content (AvgIpc) is 2.54. The Hall–Kier alpha value is -0.740. The highest BCUT2D eigenvalue weighted by Crippen LogP contribution is 2.26. The molecule has 0 saturated carbocycles. The fourth-order valence-corrected chi connectivity index (χ4v) is 2.47. The smallest absolute Gasteiger partial charge is 0.197 e. The second-order valence-electron chi connectivity index (χ2n) is 3.81. The topological polar surface area (TPSA) is 40.7 Å². The van der Waals surface area contributed by atoms with Crippen LogP contribution in [0.15, 0.2) is 0 Å². The third-order valence-corrected chi connectivity index (χ3v) is 2.96. The summed E-state index contributed by atoms with van der Waals surface area (Å²) in [6.07, 6.45) is 2.45. The van der Waals surface area contributed by atoms with Crippen molar-refractivity contribution in [2.75, 3.05) is 6.54 Å². The molecule has 2 heterocycles. The predicted molar refractivity (Wildman–Crippen MR) is 58.9 cm³/mol. The summed E-state index contributed by atoms with van der Waals surface area (Å²) in [5.74, 6) is 0. The summed E-state index contributed by atoms with van der Waals surface area (Å²) in [5, 5.41) is 3.48. The van der Waals surface area contributed by atoms with E-state index in [0.29, 0.717) is 10.8 Å². The first-order valence-electron chi connectivity index (χ1n) is 4.99. The molecule has 0 spiro atoms. The van der Waals surface area contributed by atoms with E-state index in [1.54, 1.807) is 0 Å². The zero-order valence-electron chi connectivity index (χ0n) is 8.55. The zero-order chi connectivity index (χ0) is 10.1. The molecule has 14 heavy (non-hydrogen) atoms. The van der Waals surface area contributed by atoms with Gasteiger partial charge in [0, 0.05) is 23.0 Å². The molecule has 2 N–H and O–H groups in total. The van der Waals surface area contributed by atoms with Crippen molar-refractivity contribution in [3.63, 3.8) is 0 Å². The molecule has 4 heteroatoms. The molecule has 0 radical (unpaired) electrons. The molecule has 0 aromatic carbocycles. The summed E-state index contributed by atoms with van der Waals surface area (Å²) in [5.41, 5.74) is 3.52. The van der Waals surface area contributed by atoms with Gasteiger partial charge in [-0.1, -0.05) is 0 Å². The van der Waals surface area contributed by atoms with E-state index in [1.165, 1.54) is 18.4 Å². The van der Waals surface area contributed by atoms with Gasteiger partial charge < -0.3 is 10.3 Å². The van der Waals surface area contributed by atoms with Gasteiger partial charge in [-0.3, -0.25) is 0 Å². The average molecular weight is 209 g/mol. The Labute approximate surface area is 89.0 Å². The first kappa shape index (κ1) is 9.80. The Bertz CT molecular complexity index is 365. The molecule has 1 aromatic heterocycles. The molecule has 3 nitrogen and oxygen atoms in total. The molecule has 2 rings (SSSR count). The van der Waals surface area contributed by atoms with Gasteiger partial charge >= 0.3 is 0 Å².